The molecule has 6 nitrogen and oxygen atoms in total. The fourth-order valence-electron chi connectivity index (χ4n) is 2.88. The Kier molecular flexibility index (Phi) is 4.61. The summed E-state index contributed by atoms with van der Waals surface area (Å²) in [7, 11) is 0. The molecule has 0 saturated carbocycles. The van der Waals surface area contributed by atoms with E-state index >= 15 is 0 Å². The third-order valence-electron chi connectivity index (χ3n) is 4.09. The molecule has 2 aliphatic rings. The van der Waals surface area contributed by atoms with Gasteiger partial charge in [-0.2, -0.15) is 0 Å². The Labute approximate surface area is 139 Å². The molecule has 1 aromatic rings. The second-order valence-electron chi connectivity index (χ2n) is 5.57. The number of hydrogen-bond donors (Lipinski definition) is 0. The minimum atomic E-state index is -0.502. The Bertz CT molecular complexity index is 614. The van der Waals surface area contributed by atoms with Gasteiger partial charge in [-0.3, -0.25) is 4.79 Å². The van der Waals surface area contributed by atoms with Gasteiger partial charge < -0.3 is 19.3 Å². The summed E-state index contributed by atoms with van der Waals surface area (Å²) in [4.78, 5) is 27.6. The predicted molar refractivity (Wildman–Crippen MR) is 84.7 cm³/mol. The van der Waals surface area contributed by atoms with Gasteiger partial charge in [-0.1, -0.05) is 11.6 Å². The molecule has 2 amide bonds. The fourth-order valence-corrected chi connectivity index (χ4v) is 3.08. The van der Waals surface area contributed by atoms with E-state index in [0.29, 0.717) is 44.2 Å². The topological polar surface area (TPSA) is 59.1 Å². The van der Waals surface area contributed by atoms with E-state index in [1.165, 1.54) is 0 Å². The van der Waals surface area contributed by atoms with E-state index in [1.54, 1.807) is 28.9 Å². The van der Waals surface area contributed by atoms with E-state index < -0.39 is 6.10 Å². The van der Waals surface area contributed by atoms with Crippen LogP contribution in [-0.4, -0.2) is 60.7 Å². The molecule has 7 heteroatoms. The lowest BCUT2D eigenvalue weighted by molar-refractivity contribution is -0.139. The first kappa shape index (κ1) is 15.9. The number of carbonyl (C=O) groups excluding carboxylic acids is 2. The van der Waals surface area contributed by atoms with Crippen molar-refractivity contribution in [1.29, 1.82) is 0 Å². The number of ether oxygens (including phenoxy) is 2. The zero-order chi connectivity index (χ0) is 16.4. The molecule has 3 rings (SSSR count). The molecule has 0 spiro atoms. The van der Waals surface area contributed by atoms with Crippen molar-refractivity contribution in [3.8, 4) is 5.75 Å². The number of rotatable bonds is 2. The van der Waals surface area contributed by atoms with Gasteiger partial charge in [-0.15, -0.1) is 0 Å². The second kappa shape index (κ2) is 6.66. The first-order valence-electron chi connectivity index (χ1n) is 7.74. The number of nitrogens with zero attached hydrogens (tertiary/aromatic N) is 2. The fraction of sp³-hybridized carbons (Fsp3) is 0.500. The van der Waals surface area contributed by atoms with Crippen LogP contribution in [-0.2, 0) is 16.0 Å². The lowest BCUT2D eigenvalue weighted by Crippen LogP contribution is -2.53. The number of amides is 2. The Balaban J connectivity index is 1.56. The highest BCUT2D eigenvalue weighted by atomic mass is 35.5. The van der Waals surface area contributed by atoms with Crippen molar-refractivity contribution in [3.63, 3.8) is 0 Å². The molecule has 23 heavy (non-hydrogen) atoms. The molecule has 0 unspecified atom stereocenters. The Morgan fingerprint density at radius 2 is 1.96 bits per heavy atom. The number of hydrogen-bond acceptors (Lipinski definition) is 4. The van der Waals surface area contributed by atoms with Gasteiger partial charge in [0.1, 0.15) is 5.75 Å². The molecule has 1 atom stereocenters. The molecular weight excluding hydrogens is 320 g/mol. The van der Waals surface area contributed by atoms with Crippen molar-refractivity contribution in [3.05, 3.63) is 28.8 Å². The normalized spacial score (nSPS) is 20.0. The number of carbonyl (C=O) groups is 2. The molecule has 0 aliphatic carbocycles. The monoisotopic (exact) mass is 338 g/mol. The number of halogens is 1. The molecule has 0 radical (unpaired) electrons. The van der Waals surface area contributed by atoms with Crippen LogP contribution >= 0.6 is 11.6 Å². The summed E-state index contributed by atoms with van der Waals surface area (Å²) in [6.45, 7) is 4.09. The molecule has 2 aliphatic heterocycles. The van der Waals surface area contributed by atoms with Crippen molar-refractivity contribution in [2.45, 2.75) is 19.4 Å². The first-order chi connectivity index (χ1) is 11.1. The molecule has 1 fully saturated rings. The van der Waals surface area contributed by atoms with Crippen LogP contribution in [0.15, 0.2) is 18.2 Å². The Hall–Kier alpha value is -1.95. The van der Waals surface area contributed by atoms with Crippen LogP contribution in [0.25, 0.3) is 0 Å². The molecule has 0 bridgehead atoms. The van der Waals surface area contributed by atoms with Crippen LogP contribution in [0.5, 0.6) is 5.75 Å². The SMILES string of the molecule is CCOC(=O)N1CCN(C(=O)[C@@H]2Cc3cc(Cl)ccc3O2)CC1. The minimum Gasteiger partial charge on any atom is -0.480 e. The average Bonchev–Trinajstić information content (AvgIpc) is 2.97. The lowest BCUT2D eigenvalue weighted by atomic mass is 10.1. The van der Waals surface area contributed by atoms with Gasteiger partial charge in [0.05, 0.1) is 6.61 Å². The largest absolute Gasteiger partial charge is 0.480 e. The van der Waals surface area contributed by atoms with Crippen molar-refractivity contribution < 1.29 is 19.1 Å². The summed E-state index contributed by atoms with van der Waals surface area (Å²) < 4.78 is 10.7. The van der Waals surface area contributed by atoms with Gasteiger partial charge in [0.15, 0.2) is 6.10 Å². The highest BCUT2D eigenvalue weighted by Crippen LogP contribution is 2.31. The van der Waals surface area contributed by atoms with Crippen LogP contribution < -0.4 is 4.74 Å². The average molecular weight is 339 g/mol. The Morgan fingerprint density at radius 3 is 2.65 bits per heavy atom. The molecular formula is C16H19ClN2O4. The first-order valence-corrected chi connectivity index (χ1v) is 8.12. The summed E-state index contributed by atoms with van der Waals surface area (Å²) in [5.74, 6) is 0.679. The van der Waals surface area contributed by atoms with Gasteiger partial charge >= 0.3 is 6.09 Å². The third kappa shape index (κ3) is 3.37. The molecule has 1 saturated heterocycles. The van der Waals surface area contributed by atoms with E-state index in [1.807, 2.05) is 6.07 Å². The van der Waals surface area contributed by atoms with Gasteiger partial charge in [0.25, 0.3) is 5.91 Å². The predicted octanol–water partition coefficient (Wildman–Crippen LogP) is 1.94. The van der Waals surface area contributed by atoms with Crippen LogP contribution in [0, 0.1) is 0 Å². The molecule has 2 heterocycles. The van der Waals surface area contributed by atoms with Crippen molar-refractivity contribution in [2.75, 3.05) is 32.8 Å². The Morgan fingerprint density at radius 1 is 1.26 bits per heavy atom. The van der Waals surface area contributed by atoms with Gasteiger partial charge in [0, 0.05) is 37.6 Å². The zero-order valence-electron chi connectivity index (χ0n) is 13.0. The number of benzene rings is 1. The summed E-state index contributed by atoms with van der Waals surface area (Å²) in [5.41, 5.74) is 0.959. The summed E-state index contributed by atoms with van der Waals surface area (Å²) in [5, 5.41) is 0.642. The van der Waals surface area contributed by atoms with E-state index in [9.17, 15) is 9.59 Å². The van der Waals surface area contributed by atoms with E-state index in [0.717, 1.165) is 11.3 Å². The molecule has 124 valence electrons. The van der Waals surface area contributed by atoms with Crippen LogP contribution in [0.1, 0.15) is 12.5 Å². The van der Waals surface area contributed by atoms with Gasteiger partial charge in [-0.25, -0.2) is 4.79 Å². The van der Waals surface area contributed by atoms with Crippen molar-refractivity contribution in [1.82, 2.24) is 9.80 Å². The summed E-state index contributed by atoms with van der Waals surface area (Å²) in [6, 6.07) is 5.39. The minimum absolute atomic E-state index is 0.0409. The number of fused-ring (bicyclic) bond motifs is 1. The van der Waals surface area contributed by atoms with Gasteiger partial charge in [-0.05, 0) is 30.7 Å². The maximum absolute atomic E-state index is 12.6. The standard InChI is InChI=1S/C16H19ClN2O4/c1-2-22-16(21)19-7-5-18(6-8-19)15(20)14-10-11-9-12(17)3-4-13(11)23-14/h3-4,9,14H,2,5-8,10H2,1H3/t14-/m0/s1. The zero-order valence-corrected chi connectivity index (χ0v) is 13.7. The van der Waals surface area contributed by atoms with E-state index in [2.05, 4.69) is 0 Å². The van der Waals surface area contributed by atoms with Crippen molar-refractivity contribution in [2.24, 2.45) is 0 Å². The van der Waals surface area contributed by atoms with Crippen LogP contribution in [0.3, 0.4) is 0 Å². The third-order valence-corrected chi connectivity index (χ3v) is 4.32. The van der Waals surface area contributed by atoms with E-state index in [4.69, 9.17) is 21.1 Å². The molecule has 1 aromatic carbocycles. The second-order valence-corrected chi connectivity index (χ2v) is 6.01. The molecule has 0 aromatic heterocycles. The smallest absolute Gasteiger partial charge is 0.409 e. The maximum Gasteiger partial charge on any atom is 0.409 e. The summed E-state index contributed by atoms with van der Waals surface area (Å²) in [6.07, 6.45) is -0.288. The summed E-state index contributed by atoms with van der Waals surface area (Å²) >= 11 is 5.97. The maximum atomic E-state index is 12.6. The van der Waals surface area contributed by atoms with Crippen LogP contribution in [0.4, 0.5) is 4.79 Å². The van der Waals surface area contributed by atoms with E-state index in [-0.39, 0.29) is 12.0 Å². The van der Waals surface area contributed by atoms with Crippen LogP contribution in [0.2, 0.25) is 5.02 Å². The van der Waals surface area contributed by atoms with Gasteiger partial charge in [0.2, 0.25) is 0 Å². The quantitative estimate of drug-likeness (QED) is 0.827. The van der Waals surface area contributed by atoms with Crippen molar-refractivity contribution >= 4 is 23.6 Å². The highest BCUT2D eigenvalue weighted by molar-refractivity contribution is 6.30. The molecule has 0 N–H and O–H groups in total. The lowest BCUT2D eigenvalue weighted by Gasteiger charge is -2.35. The number of piperazine rings is 1. The highest BCUT2D eigenvalue weighted by Gasteiger charge is 2.34.